The molecule has 0 heterocycles. The molecule has 1 rings (SSSR count). The van der Waals surface area contributed by atoms with E-state index in [1.165, 1.54) is 6.92 Å². The Labute approximate surface area is 67.9 Å². The fourth-order valence-electron chi connectivity index (χ4n) is 1.37. The van der Waals surface area contributed by atoms with Gasteiger partial charge in [-0.15, -0.1) is 0 Å². The topological polar surface area (TPSA) is 43.1 Å². The van der Waals surface area contributed by atoms with Gasteiger partial charge in [0.1, 0.15) is 0 Å². The second kappa shape index (κ2) is 2.37. The molecule has 70 valence electrons. The summed E-state index contributed by atoms with van der Waals surface area (Å²) in [4.78, 5) is 10.6. The molecule has 1 amide bonds. The Kier molecular flexibility index (Phi) is 1.85. The van der Waals surface area contributed by atoms with E-state index in [1.54, 1.807) is 0 Å². The molecule has 1 aliphatic rings. The first-order valence-electron chi connectivity index (χ1n) is 3.67. The zero-order valence-corrected chi connectivity index (χ0v) is 6.61. The van der Waals surface area contributed by atoms with Crippen LogP contribution in [0.2, 0.25) is 0 Å². The van der Waals surface area contributed by atoms with E-state index in [0.717, 1.165) is 0 Å². The molecule has 12 heavy (non-hydrogen) atoms. The molecule has 0 radical (unpaired) electrons. The fourth-order valence-corrected chi connectivity index (χ4v) is 1.37. The standard InChI is InChI=1S/C7H10F3NO/c1-4(5(11)12)6(2-3-6)7(8,9)10/h4H,2-3H2,1H3,(H2,11,12). The predicted molar refractivity (Wildman–Crippen MR) is 36.1 cm³/mol. The number of carbonyl (C=O) groups is 1. The van der Waals surface area contributed by atoms with E-state index < -0.39 is 23.4 Å². The zero-order chi connectivity index (χ0) is 9.57. The summed E-state index contributed by atoms with van der Waals surface area (Å²) in [6, 6.07) is 0. The summed E-state index contributed by atoms with van der Waals surface area (Å²) < 4.78 is 36.9. The van der Waals surface area contributed by atoms with Gasteiger partial charge in [0.2, 0.25) is 5.91 Å². The molecular weight excluding hydrogens is 171 g/mol. The van der Waals surface area contributed by atoms with Crippen LogP contribution in [-0.2, 0) is 4.79 Å². The highest BCUT2D eigenvalue weighted by Crippen LogP contribution is 2.62. The van der Waals surface area contributed by atoms with Crippen LogP contribution < -0.4 is 5.73 Å². The van der Waals surface area contributed by atoms with Crippen molar-refractivity contribution >= 4 is 5.91 Å². The Morgan fingerprint density at radius 1 is 1.50 bits per heavy atom. The van der Waals surface area contributed by atoms with Crippen LogP contribution >= 0.6 is 0 Å². The molecule has 2 nitrogen and oxygen atoms in total. The van der Waals surface area contributed by atoms with Crippen LogP contribution in [0.4, 0.5) is 13.2 Å². The van der Waals surface area contributed by atoms with E-state index in [-0.39, 0.29) is 12.8 Å². The molecule has 0 bridgehead atoms. The monoisotopic (exact) mass is 181 g/mol. The van der Waals surface area contributed by atoms with Crippen molar-refractivity contribution in [3.8, 4) is 0 Å². The van der Waals surface area contributed by atoms with Crippen molar-refractivity contribution in [1.82, 2.24) is 0 Å². The summed E-state index contributed by atoms with van der Waals surface area (Å²) in [5.74, 6) is -1.97. The number of primary amides is 1. The molecule has 1 atom stereocenters. The number of carbonyl (C=O) groups excluding carboxylic acids is 1. The highest BCUT2D eigenvalue weighted by Gasteiger charge is 2.67. The highest BCUT2D eigenvalue weighted by molar-refractivity contribution is 5.77. The number of amides is 1. The molecule has 1 aliphatic carbocycles. The van der Waals surface area contributed by atoms with Crippen molar-refractivity contribution in [2.75, 3.05) is 0 Å². The van der Waals surface area contributed by atoms with Crippen molar-refractivity contribution in [3.05, 3.63) is 0 Å². The molecule has 0 aliphatic heterocycles. The Balaban J connectivity index is 2.80. The van der Waals surface area contributed by atoms with Gasteiger partial charge in [0.25, 0.3) is 0 Å². The fraction of sp³-hybridized carbons (Fsp3) is 0.857. The van der Waals surface area contributed by atoms with Crippen LogP contribution in [0.5, 0.6) is 0 Å². The van der Waals surface area contributed by atoms with Crippen LogP contribution in [0.25, 0.3) is 0 Å². The van der Waals surface area contributed by atoms with E-state index >= 15 is 0 Å². The molecule has 0 saturated heterocycles. The van der Waals surface area contributed by atoms with E-state index in [0.29, 0.717) is 0 Å². The third-order valence-corrected chi connectivity index (χ3v) is 2.61. The maximum absolute atomic E-state index is 12.3. The molecule has 0 aromatic rings. The minimum Gasteiger partial charge on any atom is -0.369 e. The Morgan fingerprint density at radius 3 is 2.00 bits per heavy atom. The summed E-state index contributed by atoms with van der Waals surface area (Å²) >= 11 is 0. The average Bonchev–Trinajstić information content (AvgIpc) is 2.62. The number of alkyl halides is 3. The number of halogens is 3. The first-order chi connectivity index (χ1) is 5.31. The van der Waals surface area contributed by atoms with Crippen LogP contribution in [-0.4, -0.2) is 12.1 Å². The minimum absolute atomic E-state index is 0.0284. The van der Waals surface area contributed by atoms with Gasteiger partial charge in [-0.3, -0.25) is 4.79 Å². The predicted octanol–water partition coefficient (Wildman–Crippen LogP) is 1.45. The smallest absolute Gasteiger partial charge is 0.369 e. The molecule has 1 saturated carbocycles. The van der Waals surface area contributed by atoms with E-state index in [2.05, 4.69) is 0 Å². The maximum Gasteiger partial charge on any atom is 0.395 e. The van der Waals surface area contributed by atoms with Crippen molar-refractivity contribution in [2.24, 2.45) is 17.1 Å². The zero-order valence-electron chi connectivity index (χ0n) is 6.61. The Morgan fingerprint density at radius 2 is 1.92 bits per heavy atom. The lowest BCUT2D eigenvalue weighted by molar-refractivity contribution is -0.201. The molecule has 1 fully saturated rings. The minimum atomic E-state index is -4.29. The van der Waals surface area contributed by atoms with Gasteiger partial charge in [-0.05, 0) is 12.8 Å². The molecule has 0 aromatic heterocycles. The van der Waals surface area contributed by atoms with Gasteiger partial charge >= 0.3 is 6.18 Å². The summed E-state index contributed by atoms with van der Waals surface area (Å²) in [6.07, 6.45) is -4.23. The number of nitrogens with two attached hydrogens (primary N) is 1. The van der Waals surface area contributed by atoms with Crippen molar-refractivity contribution < 1.29 is 18.0 Å². The van der Waals surface area contributed by atoms with Gasteiger partial charge in [0.15, 0.2) is 0 Å². The average molecular weight is 181 g/mol. The second-order valence-electron chi connectivity index (χ2n) is 3.28. The summed E-state index contributed by atoms with van der Waals surface area (Å²) in [7, 11) is 0. The molecule has 0 spiro atoms. The summed E-state index contributed by atoms with van der Waals surface area (Å²) in [6.45, 7) is 1.24. The number of hydrogen-bond acceptors (Lipinski definition) is 1. The van der Waals surface area contributed by atoms with Gasteiger partial charge in [0, 0.05) is 5.92 Å². The lowest BCUT2D eigenvalue weighted by Gasteiger charge is -2.23. The molecule has 2 N–H and O–H groups in total. The van der Waals surface area contributed by atoms with E-state index in [4.69, 9.17) is 5.73 Å². The van der Waals surface area contributed by atoms with Crippen LogP contribution in [0.1, 0.15) is 19.8 Å². The van der Waals surface area contributed by atoms with Crippen molar-refractivity contribution in [3.63, 3.8) is 0 Å². The molecular formula is C7H10F3NO. The summed E-state index contributed by atoms with van der Waals surface area (Å²) in [5, 5.41) is 0. The van der Waals surface area contributed by atoms with Gasteiger partial charge in [0.05, 0.1) is 5.41 Å². The lowest BCUT2D eigenvalue weighted by atomic mass is 9.89. The van der Waals surface area contributed by atoms with Crippen LogP contribution in [0.15, 0.2) is 0 Å². The van der Waals surface area contributed by atoms with E-state index in [1.807, 2.05) is 0 Å². The molecule has 0 aromatic carbocycles. The number of hydrogen-bond donors (Lipinski definition) is 1. The SMILES string of the molecule is CC(C(N)=O)C1(C(F)(F)F)CC1. The lowest BCUT2D eigenvalue weighted by Crippen LogP contribution is -2.38. The maximum atomic E-state index is 12.3. The first-order valence-corrected chi connectivity index (χ1v) is 3.67. The van der Waals surface area contributed by atoms with Gasteiger partial charge in [-0.1, -0.05) is 6.92 Å². The van der Waals surface area contributed by atoms with Crippen molar-refractivity contribution in [2.45, 2.75) is 25.9 Å². The van der Waals surface area contributed by atoms with E-state index in [9.17, 15) is 18.0 Å². The van der Waals surface area contributed by atoms with Gasteiger partial charge in [-0.2, -0.15) is 13.2 Å². The Bertz CT molecular complexity index is 207. The Hall–Kier alpha value is -0.740. The molecule has 5 heteroatoms. The summed E-state index contributed by atoms with van der Waals surface area (Å²) in [5.41, 5.74) is 3.01. The van der Waals surface area contributed by atoms with Crippen molar-refractivity contribution in [1.29, 1.82) is 0 Å². The van der Waals surface area contributed by atoms with Crippen LogP contribution in [0.3, 0.4) is 0 Å². The quantitative estimate of drug-likeness (QED) is 0.688. The third-order valence-electron chi connectivity index (χ3n) is 2.61. The highest BCUT2D eigenvalue weighted by atomic mass is 19.4. The van der Waals surface area contributed by atoms with Crippen LogP contribution in [0, 0.1) is 11.3 Å². The van der Waals surface area contributed by atoms with Gasteiger partial charge < -0.3 is 5.73 Å². The number of rotatable bonds is 2. The largest absolute Gasteiger partial charge is 0.395 e. The van der Waals surface area contributed by atoms with Gasteiger partial charge in [-0.25, -0.2) is 0 Å². The normalized spacial score (nSPS) is 23.3. The third kappa shape index (κ3) is 1.17. The second-order valence-corrected chi connectivity index (χ2v) is 3.28. The first kappa shape index (κ1) is 9.35. The molecule has 1 unspecified atom stereocenters.